The molecule has 0 amide bonds. The molecule has 23 heavy (non-hydrogen) atoms. The summed E-state index contributed by atoms with van der Waals surface area (Å²) in [7, 11) is 0. The number of nitrogens with one attached hydrogen (secondary N) is 1. The van der Waals surface area contributed by atoms with E-state index in [1.54, 1.807) is 10.9 Å². The molecule has 0 aliphatic rings. The van der Waals surface area contributed by atoms with Gasteiger partial charge >= 0.3 is 0 Å². The highest BCUT2D eigenvalue weighted by Gasteiger charge is 2.11. The maximum atomic E-state index is 11.9. The molecule has 6 heteroatoms. The molecule has 3 N–H and O–H groups in total. The first-order chi connectivity index (χ1) is 11.2. The van der Waals surface area contributed by atoms with Crippen molar-refractivity contribution in [3.05, 3.63) is 71.3 Å². The maximum Gasteiger partial charge on any atom is 0.280 e. The zero-order valence-electron chi connectivity index (χ0n) is 12.1. The largest absolute Gasteiger partial charge is 0.369 e. The van der Waals surface area contributed by atoms with Crippen LogP contribution in [0.5, 0.6) is 0 Å². The molecule has 112 valence electrons. The molecule has 0 saturated heterocycles. The van der Waals surface area contributed by atoms with Crippen molar-refractivity contribution in [2.45, 2.75) is 0 Å². The Labute approximate surface area is 131 Å². The van der Waals surface area contributed by atoms with E-state index < -0.39 is 0 Å². The fourth-order valence-corrected chi connectivity index (χ4v) is 2.58. The Hall–Kier alpha value is -3.41. The molecule has 0 spiro atoms. The van der Waals surface area contributed by atoms with Gasteiger partial charge in [0.25, 0.3) is 5.56 Å². The number of fused-ring (bicyclic) bond motifs is 1. The zero-order chi connectivity index (χ0) is 15.8. The van der Waals surface area contributed by atoms with E-state index in [9.17, 15) is 4.79 Å². The van der Waals surface area contributed by atoms with Gasteiger partial charge in [0.1, 0.15) is 6.33 Å². The van der Waals surface area contributed by atoms with Gasteiger partial charge in [0.05, 0.1) is 0 Å². The first-order valence-corrected chi connectivity index (χ1v) is 7.11. The third kappa shape index (κ3) is 2.26. The normalized spacial score (nSPS) is 11.0. The van der Waals surface area contributed by atoms with Crippen LogP contribution < -0.4 is 11.3 Å². The minimum absolute atomic E-state index is 0.0727. The second-order valence-electron chi connectivity index (χ2n) is 5.15. The smallest absolute Gasteiger partial charge is 0.280 e. The highest BCUT2D eigenvalue weighted by molar-refractivity contribution is 5.74. The molecule has 4 rings (SSSR count). The van der Waals surface area contributed by atoms with Crippen LogP contribution in [-0.2, 0) is 0 Å². The lowest BCUT2D eigenvalue weighted by atomic mass is 10.1. The lowest BCUT2D eigenvalue weighted by Gasteiger charge is -2.07. The molecule has 0 atom stereocenters. The number of nitrogens with zero attached hydrogens (tertiary/aromatic N) is 3. The molecule has 4 aromatic rings. The quantitative estimate of drug-likeness (QED) is 0.595. The number of hydrogen-bond acceptors (Lipinski definition) is 4. The Kier molecular flexibility index (Phi) is 2.94. The van der Waals surface area contributed by atoms with E-state index in [4.69, 9.17) is 5.73 Å². The standard InChI is InChI=1S/C17H13N5O/c18-17-20-15-14(16(23)21-17)19-10-22(15)13-8-4-7-12(9-13)11-5-2-1-3-6-11/h1-10H,(H3,18,20,21,23). The minimum atomic E-state index is -0.342. The predicted octanol–water partition coefficient (Wildman–Crippen LogP) is 2.36. The van der Waals surface area contributed by atoms with Gasteiger partial charge in [-0.1, -0.05) is 42.5 Å². The molecule has 0 aliphatic carbocycles. The number of nitrogens with two attached hydrogens (primary N) is 1. The molecular formula is C17H13N5O. The molecule has 0 radical (unpaired) electrons. The summed E-state index contributed by atoms with van der Waals surface area (Å²) >= 11 is 0. The van der Waals surface area contributed by atoms with Gasteiger partial charge in [-0.3, -0.25) is 14.3 Å². The summed E-state index contributed by atoms with van der Waals surface area (Å²) in [5.41, 5.74) is 9.06. The lowest BCUT2D eigenvalue weighted by molar-refractivity contribution is 1.06. The summed E-state index contributed by atoms with van der Waals surface area (Å²) < 4.78 is 1.76. The minimum Gasteiger partial charge on any atom is -0.369 e. The van der Waals surface area contributed by atoms with E-state index in [1.807, 2.05) is 54.6 Å². The van der Waals surface area contributed by atoms with Gasteiger partial charge in [-0.05, 0) is 23.3 Å². The van der Waals surface area contributed by atoms with Crippen LogP contribution in [0.1, 0.15) is 0 Å². The SMILES string of the molecule is Nc1nc2c(ncn2-c2cccc(-c3ccccc3)c2)c(=O)[nH]1. The van der Waals surface area contributed by atoms with Crippen LogP contribution in [0.25, 0.3) is 28.0 Å². The van der Waals surface area contributed by atoms with Crippen LogP contribution >= 0.6 is 0 Å². The van der Waals surface area contributed by atoms with Crippen molar-refractivity contribution in [2.24, 2.45) is 0 Å². The van der Waals surface area contributed by atoms with Crippen LogP contribution in [0.4, 0.5) is 5.95 Å². The van der Waals surface area contributed by atoms with Gasteiger partial charge in [0, 0.05) is 5.69 Å². The van der Waals surface area contributed by atoms with Crippen LogP contribution in [0.15, 0.2) is 65.7 Å². The summed E-state index contributed by atoms with van der Waals surface area (Å²) in [6.07, 6.45) is 1.58. The van der Waals surface area contributed by atoms with Crippen LogP contribution in [0, 0.1) is 0 Å². The van der Waals surface area contributed by atoms with E-state index in [-0.39, 0.29) is 17.0 Å². The van der Waals surface area contributed by atoms with Crippen molar-refractivity contribution in [2.75, 3.05) is 5.73 Å². The Morgan fingerprint density at radius 1 is 1.00 bits per heavy atom. The summed E-state index contributed by atoms with van der Waals surface area (Å²) in [4.78, 5) is 22.7. The molecule has 0 unspecified atom stereocenters. The lowest BCUT2D eigenvalue weighted by Crippen LogP contribution is -2.12. The number of H-pyrrole nitrogens is 1. The Morgan fingerprint density at radius 3 is 2.61 bits per heavy atom. The first-order valence-electron chi connectivity index (χ1n) is 7.11. The highest BCUT2D eigenvalue weighted by Crippen LogP contribution is 2.23. The van der Waals surface area contributed by atoms with Crippen LogP contribution in [-0.4, -0.2) is 19.5 Å². The molecular weight excluding hydrogens is 290 g/mol. The summed E-state index contributed by atoms with van der Waals surface area (Å²) in [5, 5.41) is 0. The molecule has 2 aromatic carbocycles. The Bertz CT molecular complexity index is 1050. The van der Waals surface area contributed by atoms with Crippen molar-refractivity contribution in [3.63, 3.8) is 0 Å². The number of hydrogen-bond donors (Lipinski definition) is 2. The number of rotatable bonds is 2. The number of benzene rings is 2. The second-order valence-corrected chi connectivity index (χ2v) is 5.15. The Morgan fingerprint density at radius 2 is 1.78 bits per heavy atom. The topological polar surface area (TPSA) is 89.6 Å². The predicted molar refractivity (Wildman–Crippen MR) is 89.3 cm³/mol. The maximum absolute atomic E-state index is 11.9. The molecule has 6 nitrogen and oxygen atoms in total. The van der Waals surface area contributed by atoms with Gasteiger partial charge in [0.15, 0.2) is 11.2 Å². The van der Waals surface area contributed by atoms with Gasteiger partial charge < -0.3 is 5.73 Å². The van der Waals surface area contributed by atoms with E-state index >= 15 is 0 Å². The zero-order valence-corrected chi connectivity index (χ0v) is 12.1. The molecule has 0 aliphatic heterocycles. The first kappa shape index (κ1) is 13.3. The monoisotopic (exact) mass is 303 g/mol. The fraction of sp³-hybridized carbons (Fsp3) is 0. The van der Waals surface area contributed by atoms with E-state index in [2.05, 4.69) is 15.0 Å². The van der Waals surface area contributed by atoms with Crippen LogP contribution in [0.3, 0.4) is 0 Å². The van der Waals surface area contributed by atoms with E-state index in [0.29, 0.717) is 5.65 Å². The summed E-state index contributed by atoms with van der Waals surface area (Å²) in [5.74, 6) is 0.0727. The second kappa shape index (κ2) is 5.10. The van der Waals surface area contributed by atoms with Gasteiger partial charge in [-0.2, -0.15) is 4.98 Å². The molecule has 0 bridgehead atoms. The van der Waals surface area contributed by atoms with Crippen molar-refractivity contribution in [1.29, 1.82) is 0 Å². The summed E-state index contributed by atoms with van der Waals surface area (Å²) in [6.45, 7) is 0. The highest BCUT2D eigenvalue weighted by atomic mass is 16.1. The van der Waals surface area contributed by atoms with Crippen LogP contribution in [0.2, 0.25) is 0 Å². The average molecular weight is 303 g/mol. The van der Waals surface area contributed by atoms with Crippen molar-refractivity contribution in [3.8, 4) is 16.8 Å². The Balaban J connectivity index is 1.91. The van der Waals surface area contributed by atoms with Crippen molar-refractivity contribution >= 4 is 17.1 Å². The fourth-order valence-electron chi connectivity index (χ4n) is 2.58. The number of imidazole rings is 1. The van der Waals surface area contributed by atoms with E-state index in [0.717, 1.165) is 16.8 Å². The summed E-state index contributed by atoms with van der Waals surface area (Å²) in [6, 6.07) is 18.0. The van der Waals surface area contributed by atoms with Gasteiger partial charge in [0.2, 0.25) is 5.95 Å². The number of aromatic nitrogens is 4. The number of aromatic amines is 1. The molecule has 2 aromatic heterocycles. The third-order valence-electron chi connectivity index (χ3n) is 3.66. The number of anilines is 1. The van der Waals surface area contributed by atoms with Crippen molar-refractivity contribution in [1.82, 2.24) is 19.5 Å². The van der Waals surface area contributed by atoms with Crippen molar-refractivity contribution < 1.29 is 0 Å². The molecule has 2 heterocycles. The average Bonchev–Trinajstić information content (AvgIpc) is 3.00. The third-order valence-corrected chi connectivity index (χ3v) is 3.66. The van der Waals surface area contributed by atoms with Gasteiger partial charge in [-0.25, -0.2) is 4.98 Å². The van der Waals surface area contributed by atoms with Gasteiger partial charge in [-0.15, -0.1) is 0 Å². The molecule has 0 saturated carbocycles. The van der Waals surface area contributed by atoms with E-state index in [1.165, 1.54) is 0 Å². The molecule has 0 fully saturated rings. The number of nitrogen functional groups attached to an aromatic ring is 1.